The molecule has 0 fully saturated rings. The number of unbranched alkanes of at least 4 members (excludes halogenated alkanes) is 2. The van der Waals surface area contributed by atoms with E-state index in [2.05, 4.69) is 12.2 Å². The van der Waals surface area contributed by atoms with E-state index in [1.807, 2.05) is 0 Å². The maximum Gasteiger partial charge on any atom is 0.408 e. The predicted molar refractivity (Wildman–Crippen MR) is 73.9 cm³/mol. The van der Waals surface area contributed by atoms with E-state index in [9.17, 15) is 9.59 Å². The topological polar surface area (TPSA) is 64.6 Å². The molecule has 5 heteroatoms. The molecule has 0 radical (unpaired) electrons. The Hall–Kier alpha value is -1.26. The van der Waals surface area contributed by atoms with E-state index in [0.717, 1.165) is 19.3 Å². The lowest BCUT2D eigenvalue weighted by atomic mass is 9.94. The summed E-state index contributed by atoms with van der Waals surface area (Å²) in [5.41, 5.74) is -1.63. The summed E-state index contributed by atoms with van der Waals surface area (Å²) < 4.78 is 9.94. The molecule has 0 rings (SSSR count). The quantitative estimate of drug-likeness (QED) is 0.597. The lowest BCUT2D eigenvalue weighted by molar-refractivity contribution is -0.148. The second kappa shape index (κ2) is 7.36. The van der Waals surface area contributed by atoms with Crippen LogP contribution in [0.3, 0.4) is 0 Å². The predicted octanol–water partition coefficient (Wildman–Crippen LogP) is 3.02. The molecule has 0 saturated carbocycles. The van der Waals surface area contributed by atoms with Crippen molar-refractivity contribution in [3.8, 4) is 0 Å². The Morgan fingerprint density at radius 2 is 1.68 bits per heavy atom. The SMILES string of the molecule is CCCCC[C@](C)(NC(=O)OC(C)(C)C)C(=O)OC. The molecule has 0 bridgehead atoms. The van der Waals surface area contributed by atoms with Gasteiger partial charge in [0.05, 0.1) is 7.11 Å². The Bertz CT molecular complexity index is 309. The molecule has 0 unspecified atom stereocenters. The van der Waals surface area contributed by atoms with E-state index in [4.69, 9.17) is 9.47 Å². The average Bonchev–Trinajstić information content (AvgIpc) is 2.25. The standard InChI is InChI=1S/C14H27NO4/c1-7-8-9-10-14(5,11(16)18-6)15-12(17)19-13(2,3)4/h7-10H2,1-6H3,(H,15,17)/t14-/m0/s1. The van der Waals surface area contributed by atoms with Gasteiger partial charge < -0.3 is 14.8 Å². The smallest absolute Gasteiger partial charge is 0.408 e. The normalized spacial score (nSPS) is 14.4. The van der Waals surface area contributed by atoms with E-state index >= 15 is 0 Å². The fraction of sp³-hybridized carbons (Fsp3) is 0.857. The van der Waals surface area contributed by atoms with E-state index in [1.165, 1.54) is 7.11 Å². The largest absolute Gasteiger partial charge is 0.467 e. The van der Waals surface area contributed by atoms with Crippen molar-refractivity contribution in [2.24, 2.45) is 0 Å². The first-order chi connectivity index (χ1) is 8.64. The molecule has 0 saturated heterocycles. The molecule has 1 atom stereocenters. The maximum absolute atomic E-state index is 11.8. The lowest BCUT2D eigenvalue weighted by Gasteiger charge is -2.29. The van der Waals surface area contributed by atoms with Crippen molar-refractivity contribution >= 4 is 12.1 Å². The highest BCUT2D eigenvalue weighted by Crippen LogP contribution is 2.18. The van der Waals surface area contributed by atoms with Crippen LogP contribution in [0.25, 0.3) is 0 Å². The van der Waals surface area contributed by atoms with E-state index in [-0.39, 0.29) is 0 Å². The highest BCUT2D eigenvalue weighted by atomic mass is 16.6. The van der Waals surface area contributed by atoms with Gasteiger partial charge in [0.2, 0.25) is 0 Å². The summed E-state index contributed by atoms with van der Waals surface area (Å²) in [6.45, 7) is 9.08. The first-order valence-electron chi connectivity index (χ1n) is 6.74. The molecule has 0 aliphatic heterocycles. The van der Waals surface area contributed by atoms with Crippen LogP contribution in [0.15, 0.2) is 0 Å². The summed E-state index contributed by atoms with van der Waals surface area (Å²) in [4.78, 5) is 23.6. The molecule has 5 nitrogen and oxygen atoms in total. The fourth-order valence-electron chi connectivity index (χ4n) is 1.70. The summed E-state index contributed by atoms with van der Waals surface area (Å²) in [6.07, 6.45) is 2.83. The number of alkyl carbamates (subject to hydrolysis) is 1. The number of nitrogens with one attached hydrogen (secondary N) is 1. The summed E-state index contributed by atoms with van der Waals surface area (Å²) in [7, 11) is 1.32. The van der Waals surface area contributed by atoms with Crippen molar-refractivity contribution in [1.82, 2.24) is 5.32 Å². The van der Waals surface area contributed by atoms with Crippen LogP contribution in [-0.2, 0) is 14.3 Å². The van der Waals surface area contributed by atoms with Crippen LogP contribution in [0.5, 0.6) is 0 Å². The summed E-state index contributed by atoms with van der Waals surface area (Å²) >= 11 is 0. The Morgan fingerprint density at radius 3 is 2.11 bits per heavy atom. The van der Waals surface area contributed by atoms with Crippen molar-refractivity contribution in [3.05, 3.63) is 0 Å². The maximum atomic E-state index is 11.8. The molecular formula is C14H27NO4. The van der Waals surface area contributed by atoms with Gasteiger partial charge in [0.15, 0.2) is 0 Å². The van der Waals surface area contributed by atoms with E-state index in [1.54, 1.807) is 27.7 Å². The molecule has 1 amide bonds. The van der Waals surface area contributed by atoms with Gasteiger partial charge in [-0.3, -0.25) is 0 Å². The van der Waals surface area contributed by atoms with Crippen molar-refractivity contribution in [2.45, 2.75) is 71.4 Å². The lowest BCUT2D eigenvalue weighted by Crippen LogP contribution is -2.53. The van der Waals surface area contributed by atoms with Crippen molar-refractivity contribution in [2.75, 3.05) is 7.11 Å². The van der Waals surface area contributed by atoms with Crippen molar-refractivity contribution in [3.63, 3.8) is 0 Å². The molecular weight excluding hydrogens is 246 g/mol. The summed E-state index contributed by atoms with van der Waals surface area (Å²) in [6, 6.07) is 0. The highest BCUT2D eigenvalue weighted by molar-refractivity contribution is 5.85. The van der Waals surface area contributed by atoms with Crippen LogP contribution in [0.4, 0.5) is 4.79 Å². The number of carbonyl (C=O) groups is 2. The van der Waals surface area contributed by atoms with E-state index in [0.29, 0.717) is 6.42 Å². The number of ether oxygens (including phenoxy) is 2. The monoisotopic (exact) mass is 273 g/mol. The Labute approximate surface area is 116 Å². The van der Waals surface area contributed by atoms with Crippen LogP contribution in [-0.4, -0.2) is 30.3 Å². The van der Waals surface area contributed by atoms with Gasteiger partial charge in [0, 0.05) is 0 Å². The molecule has 0 aliphatic carbocycles. The second-order valence-electron chi connectivity index (χ2n) is 5.91. The minimum absolute atomic E-state index is 0.450. The Kier molecular flexibility index (Phi) is 6.87. The number of carbonyl (C=O) groups excluding carboxylic acids is 2. The number of hydrogen-bond donors (Lipinski definition) is 1. The van der Waals surface area contributed by atoms with Crippen LogP contribution in [0.1, 0.15) is 60.3 Å². The molecule has 0 aromatic carbocycles. The Balaban J connectivity index is 4.67. The van der Waals surface area contributed by atoms with Crippen LogP contribution in [0.2, 0.25) is 0 Å². The third-order valence-electron chi connectivity index (χ3n) is 2.69. The molecule has 0 spiro atoms. The van der Waals surface area contributed by atoms with Crippen LogP contribution in [0, 0.1) is 0 Å². The van der Waals surface area contributed by atoms with Gasteiger partial charge in [0.25, 0.3) is 0 Å². The summed E-state index contributed by atoms with van der Waals surface area (Å²) in [5.74, 6) is -0.450. The number of methoxy groups -OCH3 is 1. The minimum Gasteiger partial charge on any atom is -0.467 e. The number of hydrogen-bond acceptors (Lipinski definition) is 4. The molecule has 0 aromatic heterocycles. The third-order valence-corrected chi connectivity index (χ3v) is 2.69. The van der Waals surface area contributed by atoms with Crippen LogP contribution >= 0.6 is 0 Å². The van der Waals surface area contributed by atoms with Gasteiger partial charge in [-0.05, 0) is 34.1 Å². The van der Waals surface area contributed by atoms with Gasteiger partial charge >= 0.3 is 12.1 Å². The molecule has 112 valence electrons. The summed E-state index contributed by atoms with van der Waals surface area (Å²) in [5, 5.41) is 2.62. The third kappa shape index (κ3) is 7.03. The zero-order valence-corrected chi connectivity index (χ0v) is 13.0. The Morgan fingerprint density at radius 1 is 1.11 bits per heavy atom. The molecule has 1 N–H and O–H groups in total. The van der Waals surface area contributed by atoms with Gasteiger partial charge in [-0.1, -0.05) is 26.2 Å². The zero-order chi connectivity index (χ0) is 15.1. The average molecular weight is 273 g/mol. The zero-order valence-electron chi connectivity index (χ0n) is 13.0. The minimum atomic E-state index is -1.04. The molecule has 19 heavy (non-hydrogen) atoms. The van der Waals surface area contributed by atoms with Gasteiger partial charge in [-0.25, -0.2) is 9.59 Å². The van der Waals surface area contributed by atoms with Crippen molar-refractivity contribution < 1.29 is 19.1 Å². The van der Waals surface area contributed by atoms with Gasteiger partial charge in [-0.15, -0.1) is 0 Å². The fourth-order valence-corrected chi connectivity index (χ4v) is 1.70. The van der Waals surface area contributed by atoms with Gasteiger partial charge in [0.1, 0.15) is 11.1 Å². The number of amides is 1. The molecule has 0 aromatic rings. The van der Waals surface area contributed by atoms with Gasteiger partial charge in [-0.2, -0.15) is 0 Å². The first kappa shape index (κ1) is 17.7. The first-order valence-corrected chi connectivity index (χ1v) is 6.74. The van der Waals surface area contributed by atoms with E-state index < -0.39 is 23.2 Å². The molecule has 0 heterocycles. The molecule has 0 aliphatic rings. The second-order valence-corrected chi connectivity index (χ2v) is 5.91. The highest BCUT2D eigenvalue weighted by Gasteiger charge is 2.36. The number of rotatable bonds is 6. The van der Waals surface area contributed by atoms with Crippen LogP contribution < -0.4 is 5.32 Å². The number of esters is 1. The van der Waals surface area contributed by atoms with Crippen molar-refractivity contribution in [1.29, 1.82) is 0 Å².